The van der Waals surface area contributed by atoms with E-state index in [-0.39, 0.29) is 0 Å². The smallest absolute Gasteiger partial charge is 0.0897 e. The summed E-state index contributed by atoms with van der Waals surface area (Å²) in [6.45, 7) is 1.07. The van der Waals surface area contributed by atoms with Crippen LogP contribution in [0, 0.1) is 0 Å². The van der Waals surface area contributed by atoms with Gasteiger partial charge in [-0.2, -0.15) is 0 Å². The number of hydrogen-bond donors (Lipinski definition) is 2. The number of methoxy groups -OCH3 is 1. The lowest BCUT2D eigenvalue weighted by Gasteiger charge is -2.25. The Morgan fingerprint density at radius 2 is 1.89 bits per heavy atom. The second kappa shape index (κ2) is 8.20. The van der Waals surface area contributed by atoms with Crippen molar-refractivity contribution >= 4 is 0 Å². The lowest BCUT2D eigenvalue weighted by molar-refractivity contribution is -0.0250. The molecule has 3 unspecified atom stereocenters. The molecular weight excluding hydrogens is 242 g/mol. The zero-order valence-electron chi connectivity index (χ0n) is 12.1. The van der Waals surface area contributed by atoms with E-state index in [1.807, 2.05) is 0 Å². The zero-order chi connectivity index (χ0) is 13.5. The molecule has 3 atom stereocenters. The minimum Gasteiger partial charge on any atom is -0.389 e. The molecule has 0 saturated heterocycles. The van der Waals surface area contributed by atoms with E-state index in [9.17, 15) is 5.11 Å². The molecule has 0 aromatic heterocycles. The third-order valence-corrected chi connectivity index (χ3v) is 4.45. The van der Waals surface area contributed by atoms with Gasteiger partial charge in [0.05, 0.1) is 24.9 Å². The molecule has 4 nitrogen and oxygen atoms in total. The molecule has 0 heterocycles. The Hall–Kier alpha value is -0.160. The monoisotopic (exact) mass is 271 g/mol. The molecular formula is C15H29NO3. The Bertz CT molecular complexity index is 244. The summed E-state index contributed by atoms with van der Waals surface area (Å²) in [4.78, 5) is 0. The number of rotatable bonds is 7. The second-order valence-electron chi connectivity index (χ2n) is 5.97. The predicted octanol–water partition coefficient (Wildman–Crippen LogP) is 1.85. The van der Waals surface area contributed by atoms with Gasteiger partial charge >= 0.3 is 0 Å². The van der Waals surface area contributed by atoms with E-state index in [4.69, 9.17) is 9.47 Å². The fourth-order valence-electron chi connectivity index (χ4n) is 3.27. The first-order valence-electron chi connectivity index (χ1n) is 7.85. The summed E-state index contributed by atoms with van der Waals surface area (Å²) in [5, 5.41) is 13.4. The molecule has 2 saturated carbocycles. The van der Waals surface area contributed by atoms with Gasteiger partial charge in [0.25, 0.3) is 0 Å². The van der Waals surface area contributed by atoms with Crippen LogP contribution in [0.1, 0.15) is 51.4 Å². The fourth-order valence-corrected chi connectivity index (χ4v) is 3.27. The minimum atomic E-state index is -0.403. The molecule has 2 aliphatic rings. The maximum atomic E-state index is 9.97. The minimum absolute atomic E-state index is 0.312. The highest BCUT2D eigenvalue weighted by Crippen LogP contribution is 2.22. The summed E-state index contributed by atoms with van der Waals surface area (Å²) in [5.41, 5.74) is 0. The SMILES string of the molecule is COC1CCCC1NCC(O)COC1CCCCC1. The highest BCUT2D eigenvalue weighted by Gasteiger charge is 2.27. The Balaban J connectivity index is 1.57. The molecule has 0 bridgehead atoms. The van der Waals surface area contributed by atoms with E-state index in [0.29, 0.717) is 31.4 Å². The Morgan fingerprint density at radius 3 is 2.63 bits per heavy atom. The summed E-state index contributed by atoms with van der Waals surface area (Å²) in [5.74, 6) is 0. The fraction of sp³-hybridized carbons (Fsp3) is 1.00. The van der Waals surface area contributed by atoms with E-state index < -0.39 is 6.10 Å². The van der Waals surface area contributed by atoms with E-state index >= 15 is 0 Å². The van der Waals surface area contributed by atoms with Crippen molar-refractivity contribution in [1.82, 2.24) is 5.32 Å². The van der Waals surface area contributed by atoms with Crippen LogP contribution in [0.4, 0.5) is 0 Å². The molecule has 2 fully saturated rings. The zero-order valence-corrected chi connectivity index (χ0v) is 12.1. The third-order valence-electron chi connectivity index (χ3n) is 4.45. The predicted molar refractivity (Wildman–Crippen MR) is 75.3 cm³/mol. The van der Waals surface area contributed by atoms with Crippen LogP contribution in [-0.4, -0.2) is 49.7 Å². The molecule has 19 heavy (non-hydrogen) atoms. The van der Waals surface area contributed by atoms with Gasteiger partial charge in [-0.3, -0.25) is 0 Å². The van der Waals surface area contributed by atoms with E-state index in [1.165, 1.54) is 25.7 Å². The van der Waals surface area contributed by atoms with E-state index in [1.54, 1.807) is 7.11 Å². The Kier molecular flexibility index (Phi) is 6.57. The van der Waals surface area contributed by atoms with Gasteiger partial charge in [0, 0.05) is 19.7 Å². The van der Waals surface area contributed by atoms with Crippen molar-refractivity contribution in [3.8, 4) is 0 Å². The molecule has 0 aromatic carbocycles. The number of aliphatic hydroxyl groups excluding tert-OH is 1. The van der Waals surface area contributed by atoms with Gasteiger partial charge in [0.2, 0.25) is 0 Å². The molecule has 112 valence electrons. The quantitative estimate of drug-likeness (QED) is 0.742. The van der Waals surface area contributed by atoms with Crippen LogP contribution in [0.15, 0.2) is 0 Å². The summed E-state index contributed by atoms with van der Waals surface area (Å²) in [7, 11) is 1.77. The van der Waals surface area contributed by atoms with Crippen LogP contribution in [-0.2, 0) is 9.47 Å². The summed E-state index contributed by atoms with van der Waals surface area (Å²) < 4.78 is 11.2. The van der Waals surface area contributed by atoms with Crippen LogP contribution in [0.5, 0.6) is 0 Å². The average Bonchev–Trinajstić information content (AvgIpc) is 2.91. The molecule has 2 rings (SSSR count). The van der Waals surface area contributed by atoms with Crippen LogP contribution >= 0.6 is 0 Å². The standard InChI is InChI=1S/C15H29NO3/c1-18-15-9-5-8-14(15)16-10-12(17)11-19-13-6-3-2-4-7-13/h12-17H,2-11H2,1H3. The highest BCUT2D eigenvalue weighted by molar-refractivity contribution is 4.84. The second-order valence-corrected chi connectivity index (χ2v) is 5.97. The van der Waals surface area contributed by atoms with Gasteiger partial charge in [-0.05, 0) is 32.1 Å². The van der Waals surface area contributed by atoms with Gasteiger partial charge in [0.1, 0.15) is 0 Å². The first-order valence-corrected chi connectivity index (χ1v) is 7.85. The Labute approximate surface area is 116 Å². The van der Waals surface area contributed by atoms with Crippen molar-refractivity contribution in [3.05, 3.63) is 0 Å². The molecule has 0 radical (unpaired) electrons. The lowest BCUT2D eigenvalue weighted by Crippen LogP contribution is -2.42. The third kappa shape index (κ3) is 5.03. The topological polar surface area (TPSA) is 50.7 Å². The molecule has 2 N–H and O–H groups in total. The largest absolute Gasteiger partial charge is 0.389 e. The first-order chi connectivity index (χ1) is 9.29. The van der Waals surface area contributed by atoms with Crippen molar-refractivity contribution in [2.24, 2.45) is 0 Å². The average molecular weight is 271 g/mol. The molecule has 0 amide bonds. The number of nitrogens with one attached hydrogen (secondary N) is 1. The van der Waals surface area contributed by atoms with Crippen LogP contribution in [0.3, 0.4) is 0 Å². The maximum absolute atomic E-state index is 9.97. The summed E-state index contributed by atoms with van der Waals surface area (Å²) >= 11 is 0. The number of hydrogen-bond acceptors (Lipinski definition) is 4. The van der Waals surface area contributed by atoms with Crippen molar-refractivity contribution < 1.29 is 14.6 Å². The molecule has 0 aliphatic heterocycles. The van der Waals surface area contributed by atoms with E-state index in [2.05, 4.69) is 5.32 Å². The number of aliphatic hydroxyl groups is 1. The van der Waals surface area contributed by atoms with Gasteiger partial charge < -0.3 is 19.9 Å². The number of ether oxygens (including phenoxy) is 2. The van der Waals surface area contributed by atoms with Crippen molar-refractivity contribution in [3.63, 3.8) is 0 Å². The van der Waals surface area contributed by atoms with Crippen LogP contribution in [0.25, 0.3) is 0 Å². The Morgan fingerprint density at radius 1 is 1.11 bits per heavy atom. The molecule has 2 aliphatic carbocycles. The van der Waals surface area contributed by atoms with Crippen molar-refractivity contribution in [2.45, 2.75) is 75.7 Å². The molecule has 4 heteroatoms. The lowest BCUT2D eigenvalue weighted by atomic mass is 9.98. The molecule has 0 spiro atoms. The maximum Gasteiger partial charge on any atom is 0.0897 e. The normalized spacial score (nSPS) is 30.6. The summed E-state index contributed by atoms with van der Waals surface area (Å²) in [6.07, 6.45) is 9.98. The van der Waals surface area contributed by atoms with Crippen molar-refractivity contribution in [1.29, 1.82) is 0 Å². The van der Waals surface area contributed by atoms with Crippen LogP contribution in [0.2, 0.25) is 0 Å². The highest BCUT2D eigenvalue weighted by atomic mass is 16.5. The summed E-state index contributed by atoms with van der Waals surface area (Å²) in [6, 6.07) is 0.398. The van der Waals surface area contributed by atoms with E-state index in [0.717, 1.165) is 25.7 Å². The first kappa shape index (κ1) is 15.2. The van der Waals surface area contributed by atoms with Gasteiger partial charge in [-0.25, -0.2) is 0 Å². The molecule has 0 aromatic rings. The van der Waals surface area contributed by atoms with Crippen LogP contribution < -0.4 is 5.32 Å². The van der Waals surface area contributed by atoms with Gasteiger partial charge in [0.15, 0.2) is 0 Å². The van der Waals surface area contributed by atoms with Gasteiger partial charge in [-0.15, -0.1) is 0 Å². The van der Waals surface area contributed by atoms with Crippen molar-refractivity contribution in [2.75, 3.05) is 20.3 Å². The van der Waals surface area contributed by atoms with Gasteiger partial charge in [-0.1, -0.05) is 19.3 Å².